The second-order valence-corrected chi connectivity index (χ2v) is 7.40. The normalized spacial score (nSPS) is 11.1. The topological polar surface area (TPSA) is 116 Å². The van der Waals surface area contributed by atoms with E-state index in [4.69, 9.17) is 4.74 Å². The molecule has 0 aliphatic rings. The largest absolute Gasteiger partial charge is 0.484 e. The average Bonchev–Trinajstić information content (AvgIpc) is 3.15. The lowest BCUT2D eigenvalue weighted by molar-refractivity contribution is -0.118. The highest BCUT2D eigenvalue weighted by atomic mass is 32.2. The van der Waals surface area contributed by atoms with Gasteiger partial charge in [0.1, 0.15) is 12.1 Å². The summed E-state index contributed by atoms with van der Waals surface area (Å²) in [4.78, 5) is 12.1. The number of carbonyl (C=O) groups is 1. The van der Waals surface area contributed by atoms with Crippen molar-refractivity contribution in [1.82, 2.24) is 20.2 Å². The standard InChI is InChI=1S/C16H15N5O4S/c1-26(23,24)15-8-2-12(3-9-15)18-16(22)10-25-14-6-4-13(5-7-14)21-11-17-19-20-21/h2-9,11H,10H2,1H3,(H,18,22). The lowest BCUT2D eigenvalue weighted by Crippen LogP contribution is -2.20. The van der Waals surface area contributed by atoms with E-state index in [0.717, 1.165) is 11.9 Å². The van der Waals surface area contributed by atoms with Crippen molar-refractivity contribution in [3.8, 4) is 11.4 Å². The Morgan fingerprint density at radius 3 is 2.38 bits per heavy atom. The molecule has 26 heavy (non-hydrogen) atoms. The molecule has 0 fully saturated rings. The van der Waals surface area contributed by atoms with Crippen LogP contribution in [-0.4, -0.2) is 47.4 Å². The van der Waals surface area contributed by atoms with Gasteiger partial charge in [-0.05, 0) is 59.0 Å². The van der Waals surface area contributed by atoms with E-state index in [1.54, 1.807) is 24.3 Å². The van der Waals surface area contributed by atoms with E-state index in [-0.39, 0.29) is 17.4 Å². The minimum absolute atomic E-state index is 0.182. The van der Waals surface area contributed by atoms with Crippen LogP contribution in [0.3, 0.4) is 0 Å². The van der Waals surface area contributed by atoms with E-state index in [0.29, 0.717) is 11.4 Å². The zero-order valence-electron chi connectivity index (χ0n) is 13.7. The predicted molar refractivity (Wildman–Crippen MR) is 92.8 cm³/mol. The van der Waals surface area contributed by atoms with E-state index in [1.165, 1.54) is 35.3 Å². The van der Waals surface area contributed by atoms with Crippen LogP contribution in [0.1, 0.15) is 0 Å². The Hall–Kier alpha value is -3.27. The van der Waals surface area contributed by atoms with Crippen LogP contribution < -0.4 is 10.1 Å². The summed E-state index contributed by atoms with van der Waals surface area (Å²) >= 11 is 0. The van der Waals surface area contributed by atoms with Crippen molar-refractivity contribution in [2.75, 3.05) is 18.2 Å². The second kappa shape index (κ2) is 7.31. The number of benzene rings is 2. The molecular formula is C16H15N5O4S. The highest BCUT2D eigenvalue weighted by Crippen LogP contribution is 2.15. The van der Waals surface area contributed by atoms with Crippen molar-refractivity contribution in [1.29, 1.82) is 0 Å². The summed E-state index contributed by atoms with van der Waals surface area (Å²) in [5.74, 6) is 0.158. The van der Waals surface area contributed by atoms with Gasteiger partial charge in [-0.25, -0.2) is 13.1 Å². The number of nitrogens with zero attached hydrogens (tertiary/aromatic N) is 4. The maximum atomic E-state index is 11.9. The maximum absolute atomic E-state index is 11.9. The van der Waals surface area contributed by atoms with Gasteiger partial charge in [0.15, 0.2) is 16.4 Å². The number of tetrazole rings is 1. The van der Waals surface area contributed by atoms with Gasteiger partial charge in [-0.1, -0.05) is 0 Å². The van der Waals surface area contributed by atoms with Crippen molar-refractivity contribution in [2.24, 2.45) is 0 Å². The van der Waals surface area contributed by atoms with Gasteiger partial charge in [-0.15, -0.1) is 5.10 Å². The number of sulfone groups is 1. The van der Waals surface area contributed by atoms with Crippen LogP contribution in [0.2, 0.25) is 0 Å². The predicted octanol–water partition coefficient (Wildman–Crippen LogP) is 1.08. The molecule has 0 atom stereocenters. The first kappa shape index (κ1) is 17.5. The van der Waals surface area contributed by atoms with Crippen LogP contribution >= 0.6 is 0 Å². The van der Waals surface area contributed by atoms with Crippen molar-refractivity contribution >= 4 is 21.4 Å². The van der Waals surface area contributed by atoms with E-state index >= 15 is 0 Å². The molecule has 1 heterocycles. The molecule has 1 amide bonds. The SMILES string of the molecule is CS(=O)(=O)c1ccc(NC(=O)COc2ccc(-n3cnnn3)cc2)cc1. The number of aromatic nitrogens is 4. The van der Waals surface area contributed by atoms with E-state index in [1.807, 2.05) is 0 Å². The Labute approximate surface area is 149 Å². The molecule has 0 radical (unpaired) electrons. The van der Waals surface area contributed by atoms with Crippen LogP contribution in [0.5, 0.6) is 5.75 Å². The Balaban J connectivity index is 1.54. The molecule has 0 unspecified atom stereocenters. The summed E-state index contributed by atoms with van der Waals surface area (Å²) in [6, 6.07) is 12.8. The molecule has 134 valence electrons. The number of carbonyl (C=O) groups excluding carboxylic acids is 1. The number of nitrogens with one attached hydrogen (secondary N) is 1. The van der Waals surface area contributed by atoms with Crippen LogP contribution in [0.4, 0.5) is 5.69 Å². The fourth-order valence-corrected chi connectivity index (χ4v) is 2.74. The molecule has 10 heteroatoms. The first-order valence-electron chi connectivity index (χ1n) is 7.48. The van der Waals surface area contributed by atoms with Gasteiger partial charge in [-0.2, -0.15) is 0 Å². The number of rotatable bonds is 6. The summed E-state index contributed by atoms with van der Waals surface area (Å²) in [5.41, 5.74) is 1.25. The molecular weight excluding hydrogens is 358 g/mol. The van der Waals surface area contributed by atoms with Crippen LogP contribution in [0.15, 0.2) is 59.8 Å². The van der Waals surface area contributed by atoms with Gasteiger partial charge in [0.2, 0.25) is 0 Å². The lowest BCUT2D eigenvalue weighted by Gasteiger charge is -2.08. The van der Waals surface area contributed by atoms with E-state index in [2.05, 4.69) is 20.8 Å². The first-order valence-corrected chi connectivity index (χ1v) is 9.37. The van der Waals surface area contributed by atoms with E-state index in [9.17, 15) is 13.2 Å². The summed E-state index contributed by atoms with van der Waals surface area (Å²) in [6.07, 6.45) is 2.59. The Morgan fingerprint density at radius 2 is 1.81 bits per heavy atom. The van der Waals surface area contributed by atoms with Gasteiger partial charge in [0.25, 0.3) is 5.91 Å². The zero-order chi connectivity index (χ0) is 18.6. The molecule has 0 saturated heterocycles. The highest BCUT2D eigenvalue weighted by Gasteiger charge is 2.08. The minimum atomic E-state index is -3.27. The number of anilines is 1. The van der Waals surface area contributed by atoms with E-state index < -0.39 is 9.84 Å². The van der Waals surface area contributed by atoms with Gasteiger partial charge in [0.05, 0.1) is 10.6 Å². The molecule has 3 rings (SSSR count). The Kier molecular flexibility index (Phi) is 4.94. The third-order valence-electron chi connectivity index (χ3n) is 3.39. The van der Waals surface area contributed by atoms with Gasteiger partial charge < -0.3 is 10.1 Å². The summed E-state index contributed by atoms with van der Waals surface area (Å²) in [5, 5.41) is 13.5. The van der Waals surface area contributed by atoms with Gasteiger partial charge in [0, 0.05) is 11.9 Å². The van der Waals surface area contributed by atoms with Crippen molar-refractivity contribution in [3.05, 3.63) is 54.9 Å². The maximum Gasteiger partial charge on any atom is 0.262 e. The third kappa shape index (κ3) is 4.42. The van der Waals surface area contributed by atoms with Crippen LogP contribution in [-0.2, 0) is 14.6 Å². The number of hydrogen-bond acceptors (Lipinski definition) is 7. The number of ether oxygens (including phenoxy) is 1. The molecule has 1 aromatic heterocycles. The molecule has 0 bridgehead atoms. The zero-order valence-corrected chi connectivity index (χ0v) is 14.5. The molecule has 0 spiro atoms. The van der Waals surface area contributed by atoms with Crippen molar-refractivity contribution in [2.45, 2.75) is 4.90 Å². The summed E-state index contributed by atoms with van der Waals surface area (Å²) < 4.78 is 29.7. The van der Waals surface area contributed by atoms with Gasteiger partial charge in [-0.3, -0.25) is 4.79 Å². The fourth-order valence-electron chi connectivity index (χ4n) is 2.11. The molecule has 1 N–H and O–H groups in total. The molecule has 3 aromatic rings. The third-order valence-corrected chi connectivity index (χ3v) is 4.51. The van der Waals surface area contributed by atoms with Crippen LogP contribution in [0.25, 0.3) is 5.69 Å². The summed E-state index contributed by atoms with van der Waals surface area (Å²) in [6.45, 7) is -0.182. The summed E-state index contributed by atoms with van der Waals surface area (Å²) in [7, 11) is -3.27. The quantitative estimate of drug-likeness (QED) is 0.687. The fraction of sp³-hybridized carbons (Fsp3) is 0.125. The molecule has 0 aliphatic heterocycles. The number of hydrogen-bond donors (Lipinski definition) is 1. The minimum Gasteiger partial charge on any atom is -0.484 e. The van der Waals surface area contributed by atoms with Gasteiger partial charge >= 0.3 is 0 Å². The molecule has 9 nitrogen and oxygen atoms in total. The lowest BCUT2D eigenvalue weighted by atomic mass is 10.3. The van der Waals surface area contributed by atoms with Crippen molar-refractivity contribution < 1.29 is 17.9 Å². The highest BCUT2D eigenvalue weighted by molar-refractivity contribution is 7.90. The van der Waals surface area contributed by atoms with Crippen LogP contribution in [0, 0.1) is 0 Å². The molecule has 0 aliphatic carbocycles. The smallest absolute Gasteiger partial charge is 0.262 e. The monoisotopic (exact) mass is 373 g/mol. The Bertz CT molecular complexity index is 984. The van der Waals surface area contributed by atoms with Crippen molar-refractivity contribution in [3.63, 3.8) is 0 Å². The Morgan fingerprint density at radius 1 is 1.12 bits per heavy atom. The number of amides is 1. The first-order chi connectivity index (χ1) is 12.4. The average molecular weight is 373 g/mol. The molecule has 0 saturated carbocycles. The molecule has 2 aromatic carbocycles. The second-order valence-electron chi connectivity index (χ2n) is 5.38.